The lowest BCUT2D eigenvalue weighted by molar-refractivity contribution is -0.122. The molecule has 3 nitrogen and oxygen atoms in total. The van der Waals surface area contributed by atoms with E-state index in [0.29, 0.717) is 17.1 Å². The van der Waals surface area contributed by atoms with Gasteiger partial charge < -0.3 is 10.1 Å². The summed E-state index contributed by atoms with van der Waals surface area (Å²) in [7, 11) is 0. The van der Waals surface area contributed by atoms with Crippen molar-refractivity contribution in [1.82, 2.24) is 0 Å². The van der Waals surface area contributed by atoms with Gasteiger partial charge in [0.25, 0.3) is 5.91 Å². The number of benzene rings is 2. The third-order valence-corrected chi connectivity index (χ3v) is 4.51. The number of nitrogens with one attached hydrogen (secondary N) is 1. The molecule has 21 heavy (non-hydrogen) atoms. The van der Waals surface area contributed by atoms with Crippen LogP contribution < -0.4 is 10.1 Å². The Hall–Kier alpha value is -1.52. The average Bonchev–Trinajstić information content (AvgIpc) is 2.88. The summed E-state index contributed by atoms with van der Waals surface area (Å²) in [6.07, 6.45) is 0.0774. The highest BCUT2D eigenvalue weighted by molar-refractivity contribution is 9.10. The van der Waals surface area contributed by atoms with E-state index in [1.54, 1.807) is 6.07 Å². The van der Waals surface area contributed by atoms with Crippen LogP contribution in [0.25, 0.3) is 0 Å². The number of carbonyl (C=O) groups excluding carboxylic acids is 1. The molecule has 108 valence electrons. The maximum absolute atomic E-state index is 12.3. The fraction of sp³-hybridized carbons (Fsp3) is 0.188. The minimum atomic E-state index is -0.505. The third-order valence-electron chi connectivity index (χ3n) is 3.45. The topological polar surface area (TPSA) is 38.3 Å². The van der Waals surface area contributed by atoms with Crippen LogP contribution in [0.5, 0.6) is 5.75 Å². The number of hydrogen-bond acceptors (Lipinski definition) is 2. The third kappa shape index (κ3) is 2.92. The predicted molar refractivity (Wildman–Crippen MR) is 87.1 cm³/mol. The molecule has 0 saturated heterocycles. The SMILES string of the molecule is Cc1cc(Br)c(NC(=O)C2Cc3ccccc3O2)cc1Cl. The standard InChI is InChI=1S/C16H13BrClNO2/c1-9-6-11(17)13(8-12(9)18)19-16(20)15-7-10-4-2-3-5-14(10)21-15/h2-6,8,15H,7H2,1H3,(H,19,20). The van der Waals surface area contributed by atoms with Crippen molar-refractivity contribution >= 4 is 39.1 Å². The van der Waals surface area contributed by atoms with Crippen LogP contribution in [0.3, 0.4) is 0 Å². The fourth-order valence-electron chi connectivity index (χ4n) is 2.28. The first-order chi connectivity index (χ1) is 10.0. The molecule has 0 spiro atoms. The van der Waals surface area contributed by atoms with Gasteiger partial charge in [0.05, 0.1) is 5.69 Å². The largest absolute Gasteiger partial charge is 0.480 e. The van der Waals surface area contributed by atoms with Gasteiger partial charge in [0.1, 0.15) is 5.75 Å². The fourth-order valence-corrected chi connectivity index (χ4v) is 3.00. The van der Waals surface area contributed by atoms with Gasteiger partial charge in [-0.15, -0.1) is 0 Å². The van der Waals surface area contributed by atoms with Crippen molar-refractivity contribution in [3.63, 3.8) is 0 Å². The summed E-state index contributed by atoms with van der Waals surface area (Å²) in [5.41, 5.74) is 2.65. The number of rotatable bonds is 2. The molecule has 5 heteroatoms. The van der Waals surface area contributed by atoms with Crippen LogP contribution in [0.2, 0.25) is 5.02 Å². The van der Waals surface area contributed by atoms with E-state index in [4.69, 9.17) is 16.3 Å². The molecule has 1 aliphatic rings. The van der Waals surface area contributed by atoms with Crippen molar-refractivity contribution in [2.75, 3.05) is 5.32 Å². The lowest BCUT2D eigenvalue weighted by Gasteiger charge is -2.13. The smallest absolute Gasteiger partial charge is 0.265 e. The first-order valence-corrected chi connectivity index (χ1v) is 7.73. The molecule has 0 aromatic heterocycles. The number of para-hydroxylation sites is 1. The molecule has 1 N–H and O–H groups in total. The van der Waals surface area contributed by atoms with Crippen LogP contribution >= 0.6 is 27.5 Å². The van der Waals surface area contributed by atoms with E-state index in [9.17, 15) is 4.79 Å². The molecular weight excluding hydrogens is 354 g/mol. The molecule has 1 aliphatic heterocycles. The monoisotopic (exact) mass is 365 g/mol. The van der Waals surface area contributed by atoms with Gasteiger partial charge in [-0.2, -0.15) is 0 Å². The van der Waals surface area contributed by atoms with Gasteiger partial charge in [0.15, 0.2) is 6.10 Å². The van der Waals surface area contributed by atoms with Crippen LogP contribution in [0, 0.1) is 6.92 Å². The maximum atomic E-state index is 12.3. The van der Waals surface area contributed by atoms with E-state index in [2.05, 4.69) is 21.2 Å². The van der Waals surface area contributed by atoms with Crippen LogP contribution in [0.15, 0.2) is 40.9 Å². The average molecular weight is 367 g/mol. The Morgan fingerprint density at radius 2 is 2.14 bits per heavy atom. The highest BCUT2D eigenvalue weighted by Crippen LogP contribution is 2.31. The van der Waals surface area contributed by atoms with E-state index in [1.165, 1.54) is 0 Å². The lowest BCUT2D eigenvalue weighted by Crippen LogP contribution is -2.31. The molecule has 0 fully saturated rings. The van der Waals surface area contributed by atoms with E-state index in [0.717, 1.165) is 21.3 Å². The molecular formula is C16H13BrClNO2. The molecule has 1 unspecified atom stereocenters. The summed E-state index contributed by atoms with van der Waals surface area (Å²) in [5.74, 6) is 0.602. The van der Waals surface area contributed by atoms with Gasteiger partial charge in [-0.05, 0) is 52.2 Å². The minimum absolute atomic E-state index is 0.174. The zero-order chi connectivity index (χ0) is 15.0. The number of fused-ring (bicyclic) bond motifs is 1. The summed E-state index contributed by atoms with van der Waals surface area (Å²) in [4.78, 5) is 12.3. The van der Waals surface area contributed by atoms with Crippen molar-refractivity contribution in [2.45, 2.75) is 19.4 Å². The van der Waals surface area contributed by atoms with Crippen molar-refractivity contribution in [3.8, 4) is 5.75 Å². The Morgan fingerprint density at radius 3 is 2.90 bits per heavy atom. The number of amides is 1. The molecule has 3 rings (SSSR count). The Balaban J connectivity index is 1.75. The Morgan fingerprint density at radius 1 is 1.38 bits per heavy atom. The molecule has 0 saturated carbocycles. The number of ether oxygens (including phenoxy) is 1. The minimum Gasteiger partial charge on any atom is -0.480 e. The van der Waals surface area contributed by atoms with Gasteiger partial charge in [-0.3, -0.25) is 4.79 Å². The molecule has 0 aliphatic carbocycles. The number of anilines is 1. The lowest BCUT2D eigenvalue weighted by atomic mass is 10.1. The predicted octanol–water partition coefficient (Wildman–Crippen LogP) is 4.35. The van der Waals surface area contributed by atoms with Crippen LogP contribution in [-0.4, -0.2) is 12.0 Å². The molecule has 2 aromatic carbocycles. The van der Waals surface area contributed by atoms with Crippen LogP contribution in [0.4, 0.5) is 5.69 Å². The van der Waals surface area contributed by atoms with E-state index >= 15 is 0 Å². The summed E-state index contributed by atoms with van der Waals surface area (Å²) in [6.45, 7) is 1.91. The summed E-state index contributed by atoms with van der Waals surface area (Å²) in [6, 6.07) is 11.3. The zero-order valence-electron chi connectivity index (χ0n) is 11.3. The van der Waals surface area contributed by atoms with Crippen molar-refractivity contribution in [2.24, 2.45) is 0 Å². The maximum Gasteiger partial charge on any atom is 0.265 e. The first kappa shape index (κ1) is 14.4. The van der Waals surface area contributed by atoms with Crippen LogP contribution in [-0.2, 0) is 11.2 Å². The van der Waals surface area contributed by atoms with E-state index < -0.39 is 6.10 Å². The number of carbonyl (C=O) groups is 1. The molecule has 0 bridgehead atoms. The molecule has 1 amide bonds. The number of aryl methyl sites for hydroxylation is 1. The van der Waals surface area contributed by atoms with Crippen molar-refractivity contribution in [1.29, 1.82) is 0 Å². The highest BCUT2D eigenvalue weighted by atomic mass is 79.9. The van der Waals surface area contributed by atoms with E-state index in [1.807, 2.05) is 37.3 Å². The van der Waals surface area contributed by atoms with Gasteiger partial charge >= 0.3 is 0 Å². The summed E-state index contributed by atoms with van der Waals surface area (Å²) in [5, 5.41) is 3.47. The normalized spacial score (nSPS) is 16.2. The molecule has 0 radical (unpaired) electrons. The van der Waals surface area contributed by atoms with Crippen LogP contribution in [0.1, 0.15) is 11.1 Å². The van der Waals surface area contributed by atoms with Gasteiger partial charge in [-0.1, -0.05) is 29.8 Å². The zero-order valence-corrected chi connectivity index (χ0v) is 13.7. The number of halogens is 2. The summed E-state index contributed by atoms with van der Waals surface area (Å²) >= 11 is 9.53. The van der Waals surface area contributed by atoms with Gasteiger partial charge in [-0.25, -0.2) is 0 Å². The molecule has 2 aromatic rings. The quantitative estimate of drug-likeness (QED) is 0.858. The highest BCUT2D eigenvalue weighted by Gasteiger charge is 2.29. The second kappa shape index (κ2) is 5.70. The van der Waals surface area contributed by atoms with Gasteiger partial charge in [0, 0.05) is 15.9 Å². The van der Waals surface area contributed by atoms with Crippen molar-refractivity contribution in [3.05, 3.63) is 57.0 Å². The molecule has 1 heterocycles. The van der Waals surface area contributed by atoms with E-state index in [-0.39, 0.29) is 5.91 Å². The second-order valence-electron chi connectivity index (χ2n) is 4.99. The summed E-state index contributed by atoms with van der Waals surface area (Å²) < 4.78 is 6.47. The Bertz CT molecular complexity index is 692. The Labute approximate surface area is 136 Å². The Kier molecular flexibility index (Phi) is 3.91. The second-order valence-corrected chi connectivity index (χ2v) is 6.25. The first-order valence-electron chi connectivity index (χ1n) is 6.55. The van der Waals surface area contributed by atoms with Gasteiger partial charge in [0.2, 0.25) is 0 Å². The number of hydrogen-bond donors (Lipinski definition) is 1. The molecule has 1 atom stereocenters. The van der Waals surface area contributed by atoms with Crippen molar-refractivity contribution < 1.29 is 9.53 Å².